The molecule has 0 saturated carbocycles. The van der Waals surface area contributed by atoms with Crippen molar-refractivity contribution in [3.05, 3.63) is 94.5 Å². The van der Waals surface area contributed by atoms with Gasteiger partial charge >= 0.3 is 0 Å². The van der Waals surface area contributed by atoms with Crippen LogP contribution in [0.15, 0.2) is 66.7 Å². The van der Waals surface area contributed by atoms with E-state index < -0.39 is 0 Å². The van der Waals surface area contributed by atoms with Crippen LogP contribution in [0.5, 0.6) is 5.75 Å². The molecule has 0 bridgehead atoms. The molecule has 1 aliphatic heterocycles. The average Bonchev–Trinajstić information content (AvgIpc) is 2.82. The Labute approximate surface area is 195 Å². The number of nitrogens with one attached hydrogen (secondary N) is 1. The standard InChI is InChI=1S/C28H30N2O3/c1-4-27(32)30-15-14-21-12-13-24(17-25(21)28(30)22-10-8-19(2)9-11-22)33-18-26(31)29-23-7-5-6-20(3)16-23/h5-13,16-17,28H,4,14-15,18H2,1-3H3,(H,29,31). The average molecular weight is 443 g/mol. The maximum atomic E-state index is 12.8. The first kappa shape index (κ1) is 22.6. The van der Waals surface area contributed by atoms with Gasteiger partial charge in [-0.2, -0.15) is 0 Å². The molecule has 3 aromatic rings. The van der Waals surface area contributed by atoms with Gasteiger partial charge in [0.05, 0.1) is 6.04 Å². The highest BCUT2D eigenvalue weighted by Crippen LogP contribution is 2.37. The lowest BCUT2D eigenvalue weighted by Crippen LogP contribution is -2.40. The molecule has 0 fully saturated rings. The van der Waals surface area contributed by atoms with Crippen LogP contribution < -0.4 is 10.1 Å². The second-order valence-electron chi connectivity index (χ2n) is 8.57. The third kappa shape index (κ3) is 5.25. The van der Waals surface area contributed by atoms with E-state index in [1.54, 1.807) is 0 Å². The van der Waals surface area contributed by atoms with Crippen molar-refractivity contribution in [3.63, 3.8) is 0 Å². The van der Waals surface area contributed by atoms with E-state index in [-0.39, 0.29) is 24.5 Å². The number of nitrogens with zero attached hydrogens (tertiary/aromatic N) is 1. The summed E-state index contributed by atoms with van der Waals surface area (Å²) in [6.45, 7) is 6.55. The van der Waals surface area contributed by atoms with Gasteiger partial charge in [-0.1, -0.05) is 55.0 Å². The van der Waals surface area contributed by atoms with E-state index in [0.29, 0.717) is 18.7 Å². The van der Waals surface area contributed by atoms with Gasteiger partial charge in [0.1, 0.15) is 5.75 Å². The molecule has 0 spiro atoms. The minimum atomic E-state index is -0.212. The van der Waals surface area contributed by atoms with Crippen molar-refractivity contribution in [1.29, 1.82) is 0 Å². The Morgan fingerprint density at radius 1 is 1.00 bits per heavy atom. The number of ether oxygens (including phenoxy) is 1. The lowest BCUT2D eigenvalue weighted by molar-refractivity contribution is -0.132. The summed E-state index contributed by atoms with van der Waals surface area (Å²) in [4.78, 5) is 27.1. The van der Waals surface area contributed by atoms with Crippen LogP contribution in [0.4, 0.5) is 5.69 Å². The monoisotopic (exact) mass is 442 g/mol. The predicted molar refractivity (Wildman–Crippen MR) is 130 cm³/mol. The lowest BCUT2D eigenvalue weighted by Gasteiger charge is -2.38. The van der Waals surface area contributed by atoms with Crippen molar-refractivity contribution in [2.75, 3.05) is 18.5 Å². The fourth-order valence-corrected chi connectivity index (χ4v) is 4.33. The molecule has 1 unspecified atom stereocenters. The van der Waals surface area contributed by atoms with Gasteiger partial charge in [0, 0.05) is 18.7 Å². The van der Waals surface area contributed by atoms with Gasteiger partial charge in [-0.05, 0) is 66.8 Å². The molecule has 0 aliphatic carbocycles. The molecule has 170 valence electrons. The first-order chi connectivity index (χ1) is 15.9. The summed E-state index contributed by atoms with van der Waals surface area (Å²) >= 11 is 0. The zero-order chi connectivity index (χ0) is 23.4. The van der Waals surface area contributed by atoms with E-state index in [9.17, 15) is 9.59 Å². The highest BCUT2D eigenvalue weighted by atomic mass is 16.5. The number of hydrogen-bond acceptors (Lipinski definition) is 3. The number of fused-ring (bicyclic) bond motifs is 1. The van der Waals surface area contributed by atoms with E-state index in [1.165, 1.54) is 11.1 Å². The second kappa shape index (κ2) is 9.90. The maximum Gasteiger partial charge on any atom is 0.262 e. The van der Waals surface area contributed by atoms with Crippen molar-refractivity contribution in [3.8, 4) is 5.75 Å². The topological polar surface area (TPSA) is 58.6 Å². The third-order valence-corrected chi connectivity index (χ3v) is 6.03. The molecule has 1 N–H and O–H groups in total. The summed E-state index contributed by atoms with van der Waals surface area (Å²) in [5.74, 6) is 0.544. The highest BCUT2D eigenvalue weighted by molar-refractivity contribution is 5.91. The Bertz CT molecular complexity index is 1150. The molecule has 1 aliphatic rings. The van der Waals surface area contributed by atoms with Crippen molar-refractivity contribution < 1.29 is 14.3 Å². The Morgan fingerprint density at radius 3 is 2.52 bits per heavy atom. The van der Waals surface area contributed by atoms with Crippen LogP contribution in [0.3, 0.4) is 0 Å². The molecule has 1 atom stereocenters. The number of benzene rings is 3. The number of aryl methyl sites for hydroxylation is 2. The fraction of sp³-hybridized carbons (Fsp3) is 0.286. The zero-order valence-corrected chi connectivity index (χ0v) is 19.4. The largest absolute Gasteiger partial charge is 0.484 e. The van der Waals surface area contributed by atoms with Crippen LogP contribution in [0.25, 0.3) is 0 Å². The normalized spacial score (nSPS) is 15.0. The molecular weight excluding hydrogens is 412 g/mol. The Hall–Kier alpha value is -3.60. The van der Waals surface area contributed by atoms with Gasteiger partial charge in [0.25, 0.3) is 5.91 Å². The highest BCUT2D eigenvalue weighted by Gasteiger charge is 2.31. The predicted octanol–water partition coefficient (Wildman–Crippen LogP) is 5.21. The molecule has 0 aromatic heterocycles. The molecule has 33 heavy (non-hydrogen) atoms. The summed E-state index contributed by atoms with van der Waals surface area (Å²) in [5, 5.41) is 2.87. The SMILES string of the molecule is CCC(=O)N1CCc2ccc(OCC(=O)Nc3cccc(C)c3)cc2C1c1ccc(C)cc1. The smallest absolute Gasteiger partial charge is 0.262 e. The third-order valence-electron chi connectivity index (χ3n) is 6.03. The van der Waals surface area contributed by atoms with Gasteiger partial charge in [0.15, 0.2) is 6.61 Å². The Morgan fingerprint density at radius 2 is 1.79 bits per heavy atom. The number of carbonyl (C=O) groups is 2. The van der Waals surface area contributed by atoms with Crippen LogP contribution >= 0.6 is 0 Å². The van der Waals surface area contributed by atoms with Gasteiger partial charge in [-0.3, -0.25) is 9.59 Å². The molecule has 5 heteroatoms. The van der Waals surface area contributed by atoms with Crippen molar-refractivity contribution in [2.24, 2.45) is 0 Å². The summed E-state index contributed by atoms with van der Waals surface area (Å²) < 4.78 is 5.85. The van der Waals surface area contributed by atoms with Gasteiger partial charge in [0.2, 0.25) is 5.91 Å². The fourth-order valence-electron chi connectivity index (χ4n) is 4.33. The number of rotatable bonds is 6. The molecular formula is C28H30N2O3. The summed E-state index contributed by atoms with van der Waals surface area (Å²) in [6.07, 6.45) is 1.27. The van der Waals surface area contributed by atoms with Crippen molar-refractivity contribution in [1.82, 2.24) is 4.90 Å². The van der Waals surface area contributed by atoms with Crippen LogP contribution in [0, 0.1) is 13.8 Å². The van der Waals surface area contributed by atoms with E-state index in [0.717, 1.165) is 28.8 Å². The quantitative estimate of drug-likeness (QED) is 0.570. The van der Waals surface area contributed by atoms with E-state index in [2.05, 4.69) is 42.6 Å². The zero-order valence-electron chi connectivity index (χ0n) is 19.4. The summed E-state index contributed by atoms with van der Waals surface area (Å²) in [7, 11) is 0. The molecule has 1 heterocycles. The summed E-state index contributed by atoms with van der Waals surface area (Å²) in [5.41, 5.74) is 6.36. The molecule has 4 rings (SSSR count). The summed E-state index contributed by atoms with van der Waals surface area (Å²) in [6, 6.07) is 21.8. The Balaban J connectivity index is 1.56. The van der Waals surface area contributed by atoms with Crippen molar-refractivity contribution in [2.45, 2.75) is 39.7 Å². The molecule has 0 saturated heterocycles. The first-order valence-corrected chi connectivity index (χ1v) is 11.4. The molecule has 0 radical (unpaired) electrons. The molecule has 2 amide bonds. The van der Waals surface area contributed by atoms with Crippen LogP contribution in [-0.2, 0) is 16.0 Å². The Kier molecular flexibility index (Phi) is 6.78. The van der Waals surface area contributed by atoms with Crippen LogP contribution in [0.1, 0.15) is 47.2 Å². The molecule has 5 nitrogen and oxygen atoms in total. The lowest BCUT2D eigenvalue weighted by atomic mass is 9.87. The number of carbonyl (C=O) groups excluding carboxylic acids is 2. The van der Waals surface area contributed by atoms with Gasteiger partial charge in [-0.25, -0.2) is 0 Å². The second-order valence-corrected chi connectivity index (χ2v) is 8.57. The van der Waals surface area contributed by atoms with Crippen molar-refractivity contribution >= 4 is 17.5 Å². The van der Waals surface area contributed by atoms with Gasteiger partial charge < -0.3 is 15.0 Å². The molecule has 3 aromatic carbocycles. The first-order valence-electron chi connectivity index (χ1n) is 11.4. The minimum absolute atomic E-state index is 0.0838. The number of anilines is 1. The number of amides is 2. The van der Waals surface area contributed by atoms with Crippen LogP contribution in [0.2, 0.25) is 0 Å². The van der Waals surface area contributed by atoms with E-state index in [1.807, 2.05) is 55.1 Å². The maximum absolute atomic E-state index is 12.8. The van der Waals surface area contributed by atoms with Crippen LogP contribution in [-0.4, -0.2) is 29.9 Å². The van der Waals surface area contributed by atoms with E-state index >= 15 is 0 Å². The van der Waals surface area contributed by atoms with Gasteiger partial charge in [-0.15, -0.1) is 0 Å². The van der Waals surface area contributed by atoms with E-state index in [4.69, 9.17) is 4.74 Å². The number of hydrogen-bond donors (Lipinski definition) is 1. The minimum Gasteiger partial charge on any atom is -0.484 e.